The molecule has 4 N–H and O–H groups in total. The average Bonchev–Trinajstić information content (AvgIpc) is 3.03. The first-order valence-electron chi connectivity index (χ1n) is 8.31. The maximum Gasteiger partial charge on any atom is 0.423 e. The number of hydrazine groups is 1. The fraction of sp³-hybridized carbons (Fsp3) is 0.438. The standard InChI is InChI=1S/C16H17F6N5O/c17-10-6-12(19)11(18)4-8(10)3-9(23)5-14(28)26-1-2-27-13(7-26)24-25-15(27)16(20,21)22/h4,6-7,9,15,24-25H,1-3,5,23H2/t9-,15?/m1/s1. The van der Waals surface area contributed by atoms with Gasteiger partial charge < -0.3 is 21.0 Å². The van der Waals surface area contributed by atoms with Gasteiger partial charge in [0, 0.05) is 37.8 Å². The van der Waals surface area contributed by atoms with E-state index in [0.29, 0.717) is 12.1 Å². The van der Waals surface area contributed by atoms with Gasteiger partial charge in [0.15, 0.2) is 17.8 Å². The molecule has 28 heavy (non-hydrogen) atoms. The molecule has 1 saturated heterocycles. The quantitative estimate of drug-likeness (QED) is 0.517. The zero-order valence-corrected chi connectivity index (χ0v) is 14.4. The van der Waals surface area contributed by atoms with Crippen LogP contribution in [0.25, 0.3) is 0 Å². The van der Waals surface area contributed by atoms with Gasteiger partial charge in [-0.1, -0.05) is 0 Å². The summed E-state index contributed by atoms with van der Waals surface area (Å²) in [5.41, 5.74) is 10.1. The molecule has 0 bridgehead atoms. The number of nitrogens with two attached hydrogens (primary N) is 1. The van der Waals surface area contributed by atoms with Crippen molar-refractivity contribution in [3.05, 3.63) is 47.2 Å². The van der Waals surface area contributed by atoms with Crippen LogP contribution >= 0.6 is 0 Å². The third kappa shape index (κ3) is 4.17. The Morgan fingerprint density at radius 3 is 2.54 bits per heavy atom. The molecule has 2 aliphatic heterocycles. The van der Waals surface area contributed by atoms with Crippen LogP contribution in [0.4, 0.5) is 26.3 Å². The number of nitrogens with zero attached hydrogens (tertiary/aromatic N) is 2. The molecule has 2 atom stereocenters. The smallest absolute Gasteiger partial charge is 0.329 e. The predicted octanol–water partition coefficient (Wildman–Crippen LogP) is 1.30. The predicted molar refractivity (Wildman–Crippen MR) is 85.2 cm³/mol. The molecule has 1 aromatic rings. The summed E-state index contributed by atoms with van der Waals surface area (Å²) in [6, 6.07) is 0.195. The fourth-order valence-electron chi connectivity index (χ4n) is 3.09. The largest absolute Gasteiger partial charge is 0.423 e. The van der Waals surface area contributed by atoms with Gasteiger partial charge in [-0.2, -0.15) is 13.2 Å². The molecule has 3 rings (SSSR count). The van der Waals surface area contributed by atoms with Gasteiger partial charge >= 0.3 is 6.18 Å². The van der Waals surface area contributed by atoms with Crippen LogP contribution in [-0.4, -0.2) is 47.2 Å². The van der Waals surface area contributed by atoms with Gasteiger partial charge in [-0.15, -0.1) is 0 Å². The molecular weight excluding hydrogens is 392 g/mol. The van der Waals surface area contributed by atoms with Crippen molar-refractivity contribution in [3.8, 4) is 0 Å². The summed E-state index contributed by atoms with van der Waals surface area (Å²) < 4.78 is 78.6. The van der Waals surface area contributed by atoms with E-state index in [1.165, 1.54) is 11.1 Å². The second-order valence-corrected chi connectivity index (χ2v) is 6.53. The minimum atomic E-state index is -4.49. The number of alkyl halides is 3. The molecule has 1 unspecified atom stereocenters. The summed E-state index contributed by atoms with van der Waals surface area (Å²) in [4.78, 5) is 14.6. The van der Waals surface area contributed by atoms with Gasteiger partial charge in [-0.3, -0.25) is 4.79 Å². The number of amides is 1. The van der Waals surface area contributed by atoms with Crippen molar-refractivity contribution in [3.63, 3.8) is 0 Å². The van der Waals surface area contributed by atoms with E-state index in [1.807, 2.05) is 0 Å². The lowest BCUT2D eigenvalue weighted by Crippen LogP contribution is -2.51. The lowest BCUT2D eigenvalue weighted by Gasteiger charge is -2.33. The molecule has 0 saturated carbocycles. The summed E-state index contributed by atoms with van der Waals surface area (Å²) in [5, 5.41) is 0. The number of fused-ring (bicyclic) bond motifs is 1. The van der Waals surface area contributed by atoms with Gasteiger partial charge in [-0.05, 0) is 18.1 Å². The highest BCUT2D eigenvalue weighted by Crippen LogP contribution is 2.29. The first kappa shape index (κ1) is 20.3. The number of hydrogen-bond acceptors (Lipinski definition) is 5. The van der Waals surface area contributed by atoms with E-state index in [1.54, 1.807) is 0 Å². The molecule has 12 heteroatoms. The Kier molecular flexibility index (Phi) is 5.44. The maximum atomic E-state index is 13.7. The Bertz CT molecular complexity index is 798. The molecule has 0 aromatic heterocycles. The summed E-state index contributed by atoms with van der Waals surface area (Å²) in [6.07, 6.45) is -5.62. The van der Waals surface area contributed by atoms with Gasteiger partial charge in [0.25, 0.3) is 0 Å². The first-order valence-corrected chi connectivity index (χ1v) is 8.31. The number of carbonyl (C=O) groups excluding carboxylic acids is 1. The lowest BCUT2D eigenvalue weighted by atomic mass is 10.0. The molecule has 1 amide bonds. The van der Waals surface area contributed by atoms with E-state index in [-0.39, 0.29) is 37.3 Å². The molecule has 2 heterocycles. The Morgan fingerprint density at radius 1 is 1.18 bits per heavy atom. The van der Waals surface area contributed by atoms with Crippen molar-refractivity contribution in [2.45, 2.75) is 31.2 Å². The summed E-state index contributed by atoms with van der Waals surface area (Å²) >= 11 is 0. The van der Waals surface area contributed by atoms with Crippen molar-refractivity contribution < 1.29 is 31.1 Å². The van der Waals surface area contributed by atoms with Crippen molar-refractivity contribution in [2.24, 2.45) is 5.73 Å². The molecular formula is C16H17F6N5O. The number of halogens is 6. The highest BCUT2D eigenvalue weighted by atomic mass is 19.4. The minimum Gasteiger partial charge on any atom is -0.329 e. The summed E-state index contributed by atoms with van der Waals surface area (Å²) in [6.45, 7) is -0.0562. The second-order valence-electron chi connectivity index (χ2n) is 6.53. The number of benzene rings is 1. The SMILES string of the molecule is N[C@@H](CC(=O)N1C=C2NNC(C(F)(F)F)N2CC1)Cc1cc(F)c(F)cc1F. The molecule has 0 radical (unpaired) electrons. The average molecular weight is 409 g/mol. The van der Waals surface area contributed by atoms with Crippen molar-refractivity contribution in [2.75, 3.05) is 13.1 Å². The van der Waals surface area contributed by atoms with Gasteiger partial charge in [-0.25, -0.2) is 18.6 Å². The minimum absolute atomic E-state index is 0.00449. The molecule has 154 valence electrons. The molecule has 2 aliphatic rings. The zero-order valence-electron chi connectivity index (χ0n) is 14.4. The van der Waals surface area contributed by atoms with Crippen LogP contribution in [0.15, 0.2) is 24.2 Å². The van der Waals surface area contributed by atoms with E-state index in [9.17, 15) is 31.1 Å². The van der Waals surface area contributed by atoms with E-state index in [4.69, 9.17) is 5.73 Å². The van der Waals surface area contributed by atoms with Crippen LogP contribution in [0.3, 0.4) is 0 Å². The number of nitrogens with one attached hydrogen (secondary N) is 2. The molecule has 0 spiro atoms. The van der Waals surface area contributed by atoms with Gasteiger partial charge in [0.2, 0.25) is 5.91 Å². The van der Waals surface area contributed by atoms with Crippen LogP contribution in [-0.2, 0) is 11.2 Å². The fourth-order valence-corrected chi connectivity index (χ4v) is 3.09. The van der Waals surface area contributed by atoms with Gasteiger partial charge in [0.05, 0.1) is 0 Å². The van der Waals surface area contributed by atoms with E-state index < -0.39 is 41.7 Å². The van der Waals surface area contributed by atoms with Crippen molar-refractivity contribution in [1.29, 1.82) is 0 Å². The molecule has 0 aliphatic carbocycles. The van der Waals surface area contributed by atoms with Crippen LogP contribution in [0.1, 0.15) is 12.0 Å². The normalized spacial score (nSPS) is 20.5. The van der Waals surface area contributed by atoms with Gasteiger partial charge in [0.1, 0.15) is 11.6 Å². The summed E-state index contributed by atoms with van der Waals surface area (Å²) in [5.74, 6) is -3.93. The van der Waals surface area contributed by atoms with Crippen LogP contribution in [0, 0.1) is 17.5 Å². The van der Waals surface area contributed by atoms with Crippen LogP contribution < -0.4 is 16.6 Å². The first-order chi connectivity index (χ1) is 13.1. The third-order valence-corrected chi connectivity index (χ3v) is 4.46. The Labute approximate surface area is 155 Å². The van der Waals surface area contributed by atoms with Crippen LogP contribution in [0.5, 0.6) is 0 Å². The highest BCUT2D eigenvalue weighted by Gasteiger charge is 2.49. The zero-order chi connectivity index (χ0) is 20.6. The topological polar surface area (TPSA) is 73.6 Å². The number of rotatable bonds is 4. The Hall–Kier alpha value is -2.47. The molecule has 6 nitrogen and oxygen atoms in total. The van der Waals surface area contributed by atoms with Crippen molar-refractivity contribution in [1.82, 2.24) is 20.7 Å². The molecule has 1 aromatic carbocycles. The third-order valence-electron chi connectivity index (χ3n) is 4.46. The number of hydrogen-bond donors (Lipinski definition) is 3. The Balaban J connectivity index is 1.61. The van der Waals surface area contributed by atoms with Crippen LogP contribution in [0.2, 0.25) is 0 Å². The monoisotopic (exact) mass is 409 g/mol. The highest BCUT2D eigenvalue weighted by molar-refractivity contribution is 5.78. The maximum absolute atomic E-state index is 13.7. The van der Waals surface area contributed by atoms with Crippen molar-refractivity contribution >= 4 is 5.91 Å². The molecule has 1 fully saturated rings. The van der Waals surface area contributed by atoms with E-state index in [0.717, 1.165) is 4.90 Å². The summed E-state index contributed by atoms with van der Waals surface area (Å²) in [7, 11) is 0. The number of carbonyl (C=O) groups is 1. The lowest BCUT2D eigenvalue weighted by molar-refractivity contribution is -0.180. The Morgan fingerprint density at radius 2 is 1.86 bits per heavy atom. The van der Waals surface area contributed by atoms with E-state index in [2.05, 4.69) is 10.9 Å². The van der Waals surface area contributed by atoms with E-state index >= 15 is 0 Å². The second kappa shape index (κ2) is 7.51.